The van der Waals surface area contributed by atoms with Crippen LogP contribution in [-0.2, 0) is 4.74 Å². The molecule has 4 saturated carbocycles. The molecule has 2 heterocycles. The number of H-pyrrole nitrogens is 2. The third-order valence-corrected chi connectivity index (χ3v) is 10.1. The Balaban J connectivity index is 0.924. The molecule has 2 unspecified atom stereocenters. The third kappa shape index (κ3) is 5.70. The lowest BCUT2D eigenvalue weighted by Gasteiger charge is -2.38. The van der Waals surface area contributed by atoms with Crippen molar-refractivity contribution in [3.63, 3.8) is 0 Å². The predicted octanol–water partition coefficient (Wildman–Crippen LogP) is 7.23. The van der Waals surface area contributed by atoms with E-state index in [2.05, 4.69) is 32.3 Å². The molecule has 0 bridgehead atoms. The average molecular weight is 479 g/mol. The molecule has 6 atom stereocenters. The molecular formula is C30H46N4O. The van der Waals surface area contributed by atoms with Crippen LogP contribution in [0.15, 0.2) is 25.0 Å². The van der Waals surface area contributed by atoms with Crippen molar-refractivity contribution in [3.8, 4) is 0 Å². The molecule has 5 heteroatoms. The van der Waals surface area contributed by atoms with Gasteiger partial charge in [-0.25, -0.2) is 9.97 Å². The lowest BCUT2D eigenvalue weighted by molar-refractivity contribution is 0.0951. The van der Waals surface area contributed by atoms with Gasteiger partial charge in [0.1, 0.15) is 0 Å². The van der Waals surface area contributed by atoms with Gasteiger partial charge in [0.2, 0.25) is 0 Å². The number of imidazole rings is 2. The molecule has 0 saturated heterocycles. The van der Waals surface area contributed by atoms with Crippen molar-refractivity contribution in [2.24, 2.45) is 35.5 Å². The van der Waals surface area contributed by atoms with Gasteiger partial charge in [0.05, 0.1) is 12.7 Å². The summed E-state index contributed by atoms with van der Waals surface area (Å²) in [7, 11) is 0. The second-order valence-corrected chi connectivity index (χ2v) is 12.3. The van der Waals surface area contributed by atoms with Gasteiger partial charge < -0.3 is 14.7 Å². The van der Waals surface area contributed by atoms with Gasteiger partial charge in [-0.05, 0) is 99.7 Å². The van der Waals surface area contributed by atoms with Gasteiger partial charge in [-0.2, -0.15) is 0 Å². The Morgan fingerprint density at radius 2 is 1.14 bits per heavy atom. The highest BCUT2D eigenvalue weighted by molar-refractivity contribution is 5.11. The monoisotopic (exact) mass is 478 g/mol. The van der Waals surface area contributed by atoms with Gasteiger partial charge in [0, 0.05) is 48.8 Å². The second kappa shape index (κ2) is 11.2. The highest BCUT2D eigenvalue weighted by Gasteiger charge is 2.44. The topological polar surface area (TPSA) is 66.6 Å². The minimum atomic E-state index is 0.713. The number of aromatic nitrogens is 4. The van der Waals surface area contributed by atoms with Gasteiger partial charge in [-0.3, -0.25) is 0 Å². The summed E-state index contributed by atoms with van der Waals surface area (Å²) in [5.41, 5.74) is 2.79. The predicted molar refractivity (Wildman–Crippen MR) is 139 cm³/mol. The van der Waals surface area contributed by atoms with Crippen LogP contribution in [-0.4, -0.2) is 33.1 Å². The minimum absolute atomic E-state index is 0.713. The molecule has 2 aromatic heterocycles. The Morgan fingerprint density at radius 1 is 0.657 bits per heavy atom. The second-order valence-electron chi connectivity index (χ2n) is 12.3. The highest BCUT2D eigenvalue weighted by Crippen LogP contribution is 2.54. The molecule has 5 nitrogen and oxygen atoms in total. The molecule has 4 aliphatic carbocycles. The summed E-state index contributed by atoms with van der Waals surface area (Å²) in [5.74, 6) is 6.87. The van der Waals surface area contributed by atoms with Crippen LogP contribution in [0.1, 0.15) is 113 Å². The molecule has 6 rings (SSSR count). The molecule has 4 fully saturated rings. The van der Waals surface area contributed by atoms with Gasteiger partial charge in [-0.1, -0.05) is 25.7 Å². The number of nitrogens with zero attached hydrogens (tertiary/aromatic N) is 2. The van der Waals surface area contributed by atoms with Gasteiger partial charge in [0.15, 0.2) is 0 Å². The van der Waals surface area contributed by atoms with E-state index in [9.17, 15) is 0 Å². The molecule has 0 radical (unpaired) electrons. The van der Waals surface area contributed by atoms with Crippen LogP contribution in [0.4, 0.5) is 0 Å². The highest BCUT2D eigenvalue weighted by atomic mass is 16.5. The summed E-state index contributed by atoms with van der Waals surface area (Å²) in [5, 5.41) is 0. The molecular weight excluding hydrogens is 432 g/mol. The summed E-state index contributed by atoms with van der Waals surface area (Å²) in [6.45, 7) is 1.91. The molecule has 35 heavy (non-hydrogen) atoms. The molecule has 0 amide bonds. The first-order chi connectivity index (χ1) is 17.4. The van der Waals surface area contributed by atoms with Crippen LogP contribution >= 0.6 is 0 Å². The first kappa shape index (κ1) is 23.8. The Morgan fingerprint density at radius 3 is 1.54 bits per heavy atom. The summed E-state index contributed by atoms with van der Waals surface area (Å²) >= 11 is 0. The van der Waals surface area contributed by atoms with E-state index < -0.39 is 0 Å². The van der Waals surface area contributed by atoms with E-state index >= 15 is 0 Å². The van der Waals surface area contributed by atoms with E-state index in [1.807, 2.05) is 12.7 Å². The van der Waals surface area contributed by atoms with Crippen molar-refractivity contribution in [1.82, 2.24) is 19.9 Å². The van der Waals surface area contributed by atoms with Crippen molar-refractivity contribution in [2.75, 3.05) is 13.2 Å². The maximum atomic E-state index is 6.20. The van der Waals surface area contributed by atoms with E-state index in [1.54, 1.807) is 0 Å². The lowest BCUT2D eigenvalue weighted by Crippen LogP contribution is -2.29. The smallest absolute Gasteiger partial charge is 0.0921 e. The van der Waals surface area contributed by atoms with Crippen molar-refractivity contribution >= 4 is 0 Å². The van der Waals surface area contributed by atoms with Crippen molar-refractivity contribution in [3.05, 3.63) is 36.4 Å². The maximum Gasteiger partial charge on any atom is 0.0921 e. The van der Waals surface area contributed by atoms with Crippen LogP contribution in [0, 0.1) is 35.5 Å². The number of rotatable bonds is 12. The van der Waals surface area contributed by atoms with Crippen molar-refractivity contribution in [2.45, 2.75) is 102 Å². The SMILES string of the molecule is c1ncc([C@H]2CCCC(CCCOCCCC3CCC[C@H](c4cnc[nH]4)[C@H]3C3CC3)[C@@H]2C2CC2)[nH]1. The molecule has 2 aromatic rings. The van der Waals surface area contributed by atoms with Gasteiger partial charge in [-0.15, -0.1) is 0 Å². The first-order valence-electron chi connectivity index (χ1n) is 14.9. The summed E-state index contributed by atoms with van der Waals surface area (Å²) in [4.78, 5) is 15.5. The van der Waals surface area contributed by atoms with Crippen molar-refractivity contribution < 1.29 is 4.74 Å². The molecule has 4 aliphatic rings. The standard InChI is InChI=1S/C30H46N4O/c1-5-21(29(23-11-12-23)25(9-1)27-17-31-19-33-27)7-3-15-35-16-4-8-22-6-2-10-26(28-18-32-20-34-28)30(22)24-13-14-24/h17-26,29-30H,1-16H2,(H,31,33)(H,32,34)/t21?,22?,25-,26-,29-,30-/m1/s1. The molecule has 0 aliphatic heterocycles. The van der Waals surface area contributed by atoms with Crippen molar-refractivity contribution in [1.29, 1.82) is 0 Å². The Bertz CT molecular complexity index is 800. The van der Waals surface area contributed by atoms with Crippen LogP contribution in [0.5, 0.6) is 0 Å². The van der Waals surface area contributed by atoms with Gasteiger partial charge in [0.25, 0.3) is 0 Å². The minimum Gasteiger partial charge on any atom is -0.381 e. The van der Waals surface area contributed by atoms with E-state index in [0.29, 0.717) is 11.8 Å². The number of nitrogens with one attached hydrogen (secondary N) is 2. The van der Waals surface area contributed by atoms with Crippen LogP contribution in [0.3, 0.4) is 0 Å². The number of aromatic amines is 2. The summed E-state index contributed by atoms with van der Waals surface area (Å²) < 4.78 is 6.20. The third-order valence-electron chi connectivity index (χ3n) is 10.1. The Kier molecular flexibility index (Phi) is 7.60. The van der Waals surface area contributed by atoms with E-state index in [0.717, 1.165) is 48.7 Å². The Labute approximate surface area is 211 Å². The molecule has 192 valence electrons. The molecule has 0 aromatic carbocycles. The summed E-state index contributed by atoms with van der Waals surface area (Å²) in [6, 6.07) is 0. The van der Waals surface area contributed by atoms with Gasteiger partial charge >= 0.3 is 0 Å². The van der Waals surface area contributed by atoms with Crippen LogP contribution in [0.25, 0.3) is 0 Å². The Hall–Kier alpha value is -1.62. The number of hydrogen-bond acceptors (Lipinski definition) is 3. The lowest BCUT2D eigenvalue weighted by atomic mass is 9.67. The average Bonchev–Trinajstić information content (AvgIpc) is 3.79. The first-order valence-corrected chi connectivity index (χ1v) is 14.9. The van der Waals surface area contributed by atoms with Crippen LogP contribution in [0.2, 0.25) is 0 Å². The normalized spacial score (nSPS) is 33.7. The fourth-order valence-electron chi connectivity index (χ4n) is 8.35. The number of ether oxygens (including phenoxy) is 1. The fraction of sp³-hybridized carbons (Fsp3) is 0.800. The molecule has 0 spiro atoms. The zero-order chi connectivity index (χ0) is 23.5. The van der Waals surface area contributed by atoms with Crippen LogP contribution < -0.4 is 0 Å². The molecule has 2 N–H and O–H groups in total. The largest absolute Gasteiger partial charge is 0.381 e. The van der Waals surface area contributed by atoms with E-state index in [4.69, 9.17) is 4.74 Å². The van der Waals surface area contributed by atoms with E-state index in [-0.39, 0.29) is 0 Å². The number of hydrogen-bond donors (Lipinski definition) is 2. The maximum absolute atomic E-state index is 6.20. The fourth-order valence-corrected chi connectivity index (χ4v) is 8.35. The van der Waals surface area contributed by atoms with E-state index in [1.165, 1.54) is 101 Å². The quantitative estimate of drug-likeness (QED) is 0.316. The zero-order valence-corrected chi connectivity index (χ0v) is 21.5. The zero-order valence-electron chi connectivity index (χ0n) is 21.5. The summed E-state index contributed by atoms with van der Waals surface area (Å²) in [6.07, 6.45) is 27.2.